The average Bonchev–Trinajstić information content (AvgIpc) is 3.40. The minimum atomic E-state index is -0.423. The van der Waals surface area contributed by atoms with Crippen LogP contribution in [0.3, 0.4) is 0 Å². The van der Waals surface area contributed by atoms with Gasteiger partial charge in [0, 0.05) is 13.7 Å². The Hall–Kier alpha value is -1.01. The largest absolute Gasteiger partial charge is 0.390 e. The Morgan fingerprint density at radius 3 is 2.63 bits per heavy atom. The van der Waals surface area contributed by atoms with Crippen molar-refractivity contribution in [3.8, 4) is 0 Å². The summed E-state index contributed by atoms with van der Waals surface area (Å²) in [4.78, 5) is 1.83. The molecule has 4 aliphatic rings. The molecule has 0 unspecified atom stereocenters. The Morgan fingerprint density at radius 1 is 1.09 bits per heavy atom. The molecular weight excluding hydrogens is 436 g/mol. The molecule has 0 bridgehead atoms. The Morgan fingerprint density at radius 2 is 1.91 bits per heavy atom. The van der Waals surface area contributed by atoms with Crippen LogP contribution in [0.25, 0.3) is 0 Å². The number of aliphatic hydroxyl groups is 1. The van der Waals surface area contributed by atoms with Crippen LogP contribution in [0.1, 0.15) is 104 Å². The monoisotopic (exact) mass is 486 g/mol. The highest BCUT2D eigenvalue weighted by atomic mass is 16.5. The minimum Gasteiger partial charge on any atom is -0.390 e. The normalized spacial score (nSPS) is 43.9. The van der Waals surface area contributed by atoms with Gasteiger partial charge < -0.3 is 9.84 Å². The third-order valence-corrected chi connectivity index (χ3v) is 11.8. The third-order valence-electron chi connectivity index (χ3n) is 11.8. The van der Waals surface area contributed by atoms with E-state index in [1.54, 1.807) is 0 Å². The quantitative estimate of drug-likeness (QED) is 0.501. The fraction of sp³-hybridized carbons (Fsp3) is 0.966. The second-order valence-electron chi connectivity index (χ2n) is 13.4. The zero-order valence-electron chi connectivity index (χ0n) is 23.0. The van der Waals surface area contributed by atoms with Gasteiger partial charge in [-0.15, -0.1) is 10.2 Å². The van der Waals surface area contributed by atoms with Crippen LogP contribution in [0.5, 0.6) is 0 Å². The summed E-state index contributed by atoms with van der Waals surface area (Å²) in [6.45, 7) is 11.0. The highest BCUT2D eigenvalue weighted by molar-refractivity contribution is 5.12. The summed E-state index contributed by atoms with van der Waals surface area (Å²) in [6.07, 6.45) is 14.6. The summed E-state index contributed by atoms with van der Waals surface area (Å²) in [5, 5.41) is 24.3. The SMILES string of the molecule is CCC[C@@]1(O)CC[C@@]2(CCOC)[C@H](CC[C@H]3[C@@H]4CC[C@H]([C@@H](C)Cn5nnc(C)n5)[C@@]4(C)CC[C@@H]32)C1. The Bertz CT molecular complexity index is 875. The van der Waals surface area contributed by atoms with Crippen LogP contribution in [0.15, 0.2) is 0 Å². The molecule has 35 heavy (non-hydrogen) atoms. The van der Waals surface area contributed by atoms with Crippen molar-refractivity contribution in [3.05, 3.63) is 5.82 Å². The second-order valence-corrected chi connectivity index (χ2v) is 13.4. The lowest BCUT2D eigenvalue weighted by molar-refractivity contribution is -0.168. The molecule has 0 radical (unpaired) electrons. The molecule has 4 saturated carbocycles. The van der Waals surface area contributed by atoms with Crippen LogP contribution >= 0.6 is 0 Å². The van der Waals surface area contributed by atoms with Gasteiger partial charge in [-0.2, -0.15) is 4.80 Å². The maximum Gasteiger partial charge on any atom is 0.171 e. The van der Waals surface area contributed by atoms with Gasteiger partial charge in [-0.25, -0.2) is 0 Å². The summed E-state index contributed by atoms with van der Waals surface area (Å²) in [5.74, 6) is 5.27. The van der Waals surface area contributed by atoms with Gasteiger partial charge in [-0.1, -0.05) is 27.2 Å². The first-order chi connectivity index (χ1) is 16.7. The smallest absolute Gasteiger partial charge is 0.171 e. The first-order valence-electron chi connectivity index (χ1n) is 14.7. The molecule has 0 amide bonds. The molecule has 0 aliphatic heterocycles. The van der Waals surface area contributed by atoms with Gasteiger partial charge in [0.1, 0.15) is 0 Å². The summed E-state index contributed by atoms with van der Waals surface area (Å²) >= 11 is 0. The van der Waals surface area contributed by atoms with Crippen molar-refractivity contribution in [2.24, 2.45) is 46.3 Å². The Kier molecular flexibility index (Phi) is 7.10. The van der Waals surface area contributed by atoms with Crippen LogP contribution in [0.2, 0.25) is 0 Å². The lowest BCUT2D eigenvalue weighted by atomic mass is 9.42. The molecule has 0 spiro atoms. The molecule has 0 aromatic carbocycles. The number of hydrogen-bond acceptors (Lipinski definition) is 5. The topological polar surface area (TPSA) is 73.1 Å². The fourth-order valence-electron chi connectivity index (χ4n) is 10.4. The van der Waals surface area contributed by atoms with Crippen molar-refractivity contribution in [2.45, 2.75) is 117 Å². The maximum atomic E-state index is 11.4. The molecule has 1 heterocycles. The lowest BCUT2D eigenvalue weighted by Gasteiger charge is -2.63. The van der Waals surface area contributed by atoms with Crippen molar-refractivity contribution in [1.29, 1.82) is 0 Å². The lowest BCUT2D eigenvalue weighted by Crippen LogP contribution is -2.57. The van der Waals surface area contributed by atoms with Crippen LogP contribution < -0.4 is 0 Å². The first kappa shape index (κ1) is 25.6. The summed E-state index contributed by atoms with van der Waals surface area (Å²) < 4.78 is 5.70. The zero-order valence-corrected chi connectivity index (χ0v) is 23.0. The number of rotatable bonds is 8. The molecule has 6 heteroatoms. The highest BCUT2D eigenvalue weighted by Crippen LogP contribution is 2.69. The minimum absolute atomic E-state index is 0.381. The van der Waals surface area contributed by atoms with E-state index < -0.39 is 5.60 Å². The van der Waals surface area contributed by atoms with Crippen LogP contribution in [0, 0.1) is 53.3 Å². The van der Waals surface area contributed by atoms with Gasteiger partial charge in [0.05, 0.1) is 12.1 Å². The Balaban J connectivity index is 1.36. The number of tetrazole rings is 1. The molecule has 4 aliphatic carbocycles. The number of hydrogen-bond donors (Lipinski definition) is 1. The molecule has 6 nitrogen and oxygen atoms in total. The fourth-order valence-corrected chi connectivity index (χ4v) is 10.4. The van der Waals surface area contributed by atoms with E-state index in [1.165, 1.54) is 51.4 Å². The van der Waals surface area contributed by atoms with E-state index in [2.05, 4.69) is 36.2 Å². The average molecular weight is 487 g/mol. The molecule has 5 rings (SSSR count). The molecule has 9 atom stereocenters. The van der Waals surface area contributed by atoms with E-state index in [1.807, 2.05) is 18.8 Å². The van der Waals surface area contributed by atoms with Crippen molar-refractivity contribution < 1.29 is 9.84 Å². The van der Waals surface area contributed by atoms with Crippen LogP contribution in [0.4, 0.5) is 0 Å². The Labute approximate surface area is 213 Å². The predicted molar refractivity (Wildman–Crippen MR) is 138 cm³/mol. The summed E-state index contributed by atoms with van der Waals surface area (Å²) in [6, 6.07) is 0. The molecule has 1 N–H and O–H groups in total. The maximum absolute atomic E-state index is 11.4. The van der Waals surface area contributed by atoms with Gasteiger partial charge in [0.25, 0.3) is 0 Å². The third kappa shape index (κ3) is 4.39. The molecule has 198 valence electrons. The van der Waals surface area contributed by atoms with Crippen molar-refractivity contribution >= 4 is 0 Å². The van der Waals surface area contributed by atoms with Gasteiger partial charge >= 0.3 is 0 Å². The number of methoxy groups -OCH3 is 1. The van der Waals surface area contributed by atoms with Gasteiger partial charge in [0.15, 0.2) is 5.82 Å². The van der Waals surface area contributed by atoms with E-state index in [-0.39, 0.29) is 0 Å². The van der Waals surface area contributed by atoms with Gasteiger partial charge in [-0.05, 0) is 129 Å². The van der Waals surface area contributed by atoms with E-state index in [0.29, 0.717) is 22.7 Å². The summed E-state index contributed by atoms with van der Waals surface area (Å²) in [7, 11) is 1.87. The molecule has 1 aromatic heterocycles. The number of nitrogens with zero attached hydrogens (tertiary/aromatic N) is 4. The van der Waals surface area contributed by atoms with Crippen molar-refractivity contribution in [3.63, 3.8) is 0 Å². The first-order valence-corrected chi connectivity index (χ1v) is 14.7. The molecule has 0 saturated heterocycles. The number of aryl methyl sites for hydroxylation is 1. The van der Waals surface area contributed by atoms with Crippen LogP contribution in [-0.2, 0) is 11.3 Å². The van der Waals surface area contributed by atoms with E-state index in [4.69, 9.17) is 4.74 Å². The molecular formula is C29H50N4O2. The number of fused-ring (bicyclic) bond motifs is 5. The van der Waals surface area contributed by atoms with Crippen molar-refractivity contribution in [2.75, 3.05) is 13.7 Å². The van der Waals surface area contributed by atoms with E-state index in [9.17, 15) is 5.11 Å². The van der Waals surface area contributed by atoms with Crippen LogP contribution in [-0.4, -0.2) is 44.6 Å². The standard InChI is InChI=1S/C29H50N4O2/c1-6-12-28(34)14-15-29(16-17-35-5)22(18-28)7-8-23-25-10-9-24(27(25,4)13-11-26(23)29)20(2)19-33-31-21(3)30-32-33/h20,22-26,34H,6-19H2,1-5H3/t20-,22+,23-,24+,25-,26-,27+,28+,29+/m0/s1. The number of ether oxygens (including phenoxy) is 1. The van der Waals surface area contributed by atoms with Crippen molar-refractivity contribution in [1.82, 2.24) is 20.2 Å². The van der Waals surface area contributed by atoms with Gasteiger partial charge in [0.2, 0.25) is 0 Å². The zero-order chi connectivity index (χ0) is 24.8. The molecule has 1 aromatic rings. The molecule has 4 fully saturated rings. The predicted octanol–water partition coefficient (Wildman–Crippen LogP) is 5.82. The van der Waals surface area contributed by atoms with E-state index in [0.717, 1.165) is 68.3 Å². The highest BCUT2D eigenvalue weighted by Gasteiger charge is 2.62. The summed E-state index contributed by atoms with van der Waals surface area (Å²) in [5.41, 5.74) is 0.392. The van der Waals surface area contributed by atoms with Gasteiger partial charge in [-0.3, -0.25) is 0 Å². The second kappa shape index (κ2) is 9.70. The number of aromatic nitrogens is 4. The van der Waals surface area contributed by atoms with E-state index >= 15 is 0 Å².